The SMILES string of the molecule is O.O.O.O.O.O.O.O=C([O-])c1cc(C[n+]2cccc(C(=O)[O-])c2)cc(C(=O)O)c1.O=C([O-])c1cc(C[n+]2cccc(C(=O)[O-])c2)cc(C(=O)O)c1.[Cu+2]. The summed E-state index contributed by atoms with van der Waals surface area (Å²) in [6.45, 7) is 0.199. The maximum atomic E-state index is 11.0. The predicted molar refractivity (Wildman–Crippen MR) is 161 cm³/mol. The van der Waals surface area contributed by atoms with Crippen LogP contribution < -0.4 is 29.6 Å². The van der Waals surface area contributed by atoms with E-state index in [2.05, 4.69) is 0 Å². The molecule has 0 saturated carbocycles. The van der Waals surface area contributed by atoms with Crippen molar-refractivity contribution in [3.05, 3.63) is 130 Å². The molecule has 1 radical (unpaired) electrons. The van der Waals surface area contributed by atoms with Crippen molar-refractivity contribution in [3.8, 4) is 0 Å². The molecular formula is C30H34CuN2O19. The van der Waals surface area contributed by atoms with Gasteiger partial charge in [-0.2, -0.15) is 0 Å². The number of carbonyl (C=O) groups excluding carboxylic acids is 4. The van der Waals surface area contributed by atoms with Gasteiger partial charge in [0, 0.05) is 23.3 Å². The number of pyridine rings is 2. The van der Waals surface area contributed by atoms with Crippen molar-refractivity contribution in [1.29, 1.82) is 0 Å². The van der Waals surface area contributed by atoms with Crippen LogP contribution in [0.1, 0.15) is 73.3 Å². The van der Waals surface area contributed by atoms with Crippen LogP contribution in [0.3, 0.4) is 0 Å². The van der Waals surface area contributed by atoms with E-state index in [4.69, 9.17) is 10.2 Å². The fourth-order valence-corrected chi connectivity index (χ4v) is 3.95. The number of hydrogen-bond donors (Lipinski definition) is 2. The molecule has 22 heteroatoms. The van der Waals surface area contributed by atoms with Gasteiger partial charge in [0.15, 0.2) is 37.9 Å². The third-order valence-electron chi connectivity index (χ3n) is 5.87. The summed E-state index contributed by atoms with van der Waals surface area (Å²) in [6.07, 6.45) is 5.75. The van der Waals surface area contributed by atoms with E-state index in [-0.39, 0.29) is 102 Å². The van der Waals surface area contributed by atoms with Crippen LogP contribution in [0.15, 0.2) is 85.5 Å². The Hall–Kier alpha value is -6.20. The molecule has 4 aromatic rings. The number of nitrogens with zero attached hydrogens (tertiary/aromatic N) is 2. The van der Waals surface area contributed by atoms with Crippen molar-refractivity contribution < 1.29 is 124 Å². The second-order valence-electron chi connectivity index (χ2n) is 9.13. The maximum Gasteiger partial charge on any atom is 2.00 e. The zero-order valence-electron chi connectivity index (χ0n) is 26.2. The monoisotopic (exact) mass is 789 g/mol. The molecule has 0 unspecified atom stereocenters. The normalized spacial score (nSPS) is 8.62. The average Bonchev–Trinajstić information content (AvgIpc) is 2.97. The number of carboxylic acids is 6. The van der Waals surface area contributed by atoms with Gasteiger partial charge < -0.3 is 88.2 Å². The molecule has 0 aliphatic rings. The van der Waals surface area contributed by atoms with Gasteiger partial charge in [0.25, 0.3) is 0 Å². The first-order valence-electron chi connectivity index (χ1n) is 12.3. The van der Waals surface area contributed by atoms with E-state index in [1.54, 1.807) is 12.4 Å². The first kappa shape index (κ1) is 58.0. The Kier molecular flexibility index (Phi) is 28.7. The van der Waals surface area contributed by atoms with Crippen molar-refractivity contribution in [2.24, 2.45) is 0 Å². The van der Waals surface area contributed by atoms with Crippen LogP contribution in [-0.4, -0.2) is 84.4 Å². The Morgan fingerprint density at radius 3 is 0.981 bits per heavy atom. The van der Waals surface area contributed by atoms with E-state index in [0.717, 1.165) is 12.1 Å². The summed E-state index contributed by atoms with van der Waals surface area (Å²) in [6, 6.07) is 12.9. The first-order valence-corrected chi connectivity index (χ1v) is 12.3. The Bertz CT molecular complexity index is 1620. The van der Waals surface area contributed by atoms with Crippen LogP contribution >= 0.6 is 0 Å². The zero-order valence-corrected chi connectivity index (χ0v) is 27.1. The minimum absolute atomic E-state index is 0. The molecule has 0 saturated heterocycles. The molecule has 0 aliphatic carbocycles. The second-order valence-corrected chi connectivity index (χ2v) is 9.13. The molecule has 52 heavy (non-hydrogen) atoms. The first-order chi connectivity index (χ1) is 20.7. The largest absolute Gasteiger partial charge is 2.00 e. The molecule has 0 spiro atoms. The van der Waals surface area contributed by atoms with Gasteiger partial charge in [-0.25, -0.2) is 18.7 Å². The standard InChI is InChI=1S/2C15H11NO6.Cu.7H2O/c2*17-13(18)10-2-1-3-16(8-10)7-9-4-11(14(19)20)6-12(5-9)15(21)22;;;;;;;;/h2*1-6,8H,7H2,(H2-,17,18,19,20,21,22);;7*1H2/q;;+2;;;;;;;/p-2. The van der Waals surface area contributed by atoms with Crippen molar-refractivity contribution in [2.75, 3.05) is 0 Å². The van der Waals surface area contributed by atoms with Crippen molar-refractivity contribution in [2.45, 2.75) is 13.1 Å². The van der Waals surface area contributed by atoms with Gasteiger partial charge in [0.1, 0.15) is 0 Å². The van der Waals surface area contributed by atoms with E-state index in [9.17, 15) is 49.2 Å². The van der Waals surface area contributed by atoms with Crippen molar-refractivity contribution >= 4 is 35.8 Å². The molecule has 21 nitrogen and oxygen atoms in total. The summed E-state index contributed by atoms with van der Waals surface area (Å²) < 4.78 is 2.95. The van der Waals surface area contributed by atoms with Crippen LogP contribution in [-0.2, 0) is 30.2 Å². The van der Waals surface area contributed by atoms with E-state index in [0.29, 0.717) is 11.1 Å². The molecule has 0 atom stereocenters. The van der Waals surface area contributed by atoms with Gasteiger partial charge >= 0.3 is 29.0 Å². The molecule has 0 bridgehead atoms. The third kappa shape index (κ3) is 16.5. The quantitative estimate of drug-likeness (QED) is 0.112. The molecule has 289 valence electrons. The number of rotatable bonds is 10. The van der Waals surface area contributed by atoms with Crippen LogP contribution in [0, 0.1) is 0 Å². The van der Waals surface area contributed by atoms with Crippen LogP contribution in [0.25, 0.3) is 0 Å². The van der Waals surface area contributed by atoms with Crippen LogP contribution in [0.4, 0.5) is 0 Å². The number of carbonyl (C=O) groups is 6. The smallest absolute Gasteiger partial charge is 0.545 e. The summed E-state index contributed by atoms with van der Waals surface area (Å²) in [7, 11) is 0. The molecule has 4 rings (SSSR count). The van der Waals surface area contributed by atoms with E-state index >= 15 is 0 Å². The van der Waals surface area contributed by atoms with E-state index in [1.165, 1.54) is 70.1 Å². The van der Waals surface area contributed by atoms with Crippen LogP contribution in [0.5, 0.6) is 0 Å². The van der Waals surface area contributed by atoms with Gasteiger partial charge in [-0.15, -0.1) is 0 Å². The number of benzene rings is 2. The van der Waals surface area contributed by atoms with Crippen molar-refractivity contribution in [1.82, 2.24) is 0 Å². The Balaban J connectivity index is -0.000000176. The van der Waals surface area contributed by atoms with Gasteiger partial charge in [0.05, 0.1) is 46.1 Å². The Morgan fingerprint density at radius 1 is 0.462 bits per heavy atom. The summed E-state index contributed by atoms with van der Waals surface area (Å²) in [5.74, 6) is -8.19. The number of carboxylic acid groups (broad SMARTS) is 6. The maximum absolute atomic E-state index is 11.0. The molecule has 2 aromatic carbocycles. The molecule has 2 heterocycles. The number of hydrogen-bond acceptors (Lipinski definition) is 10. The third-order valence-corrected chi connectivity index (χ3v) is 5.87. The second kappa shape index (κ2) is 25.7. The molecular weight excluding hydrogens is 756 g/mol. The molecule has 16 N–H and O–H groups in total. The number of aromatic nitrogens is 2. The van der Waals surface area contributed by atoms with E-state index < -0.39 is 35.8 Å². The predicted octanol–water partition coefficient (Wildman–Crippen LogP) is -8.88. The summed E-state index contributed by atoms with van der Waals surface area (Å²) in [5, 5.41) is 61.4. The van der Waals surface area contributed by atoms with Gasteiger partial charge in [0.2, 0.25) is 0 Å². The van der Waals surface area contributed by atoms with Gasteiger partial charge in [-0.1, -0.05) is 0 Å². The Morgan fingerprint density at radius 2 is 0.731 bits per heavy atom. The number of aromatic carboxylic acids is 6. The molecule has 0 aliphatic heterocycles. The summed E-state index contributed by atoms with van der Waals surface area (Å²) in [5.41, 5.74) is -0.201. The van der Waals surface area contributed by atoms with E-state index in [1.807, 2.05) is 0 Å². The topological polar surface area (TPSA) is 463 Å². The summed E-state index contributed by atoms with van der Waals surface area (Å²) in [4.78, 5) is 65.5. The van der Waals surface area contributed by atoms with Gasteiger partial charge in [-0.3, -0.25) is 0 Å². The summed E-state index contributed by atoms with van der Waals surface area (Å²) >= 11 is 0. The Labute approximate surface area is 302 Å². The minimum atomic E-state index is -1.49. The zero-order chi connectivity index (χ0) is 32.6. The van der Waals surface area contributed by atoms with Crippen LogP contribution in [0.2, 0.25) is 0 Å². The molecule has 0 amide bonds. The van der Waals surface area contributed by atoms with Crippen molar-refractivity contribution in [3.63, 3.8) is 0 Å². The fourth-order valence-electron chi connectivity index (χ4n) is 3.95. The average molecular weight is 790 g/mol. The fraction of sp³-hybridized carbons (Fsp3) is 0.0667. The molecule has 2 aromatic heterocycles. The van der Waals surface area contributed by atoms with Gasteiger partial charge in [-0.05, 0) is 59.7 Å². The molecule has 0 fully saturated rings. The minimum Gasteiger partial charge on any atom is -0.545 e.